The van der Waals surface area contributed by atoms with Gasteiger partial charge in [-0.15, -0.1) is 0 Å². The van der Waals surface area contributed by atoms with Crippen molar-refractivity contribution < 1.29 is 4.79 Å². The molecule has 96 valence electrons. The number of aryl methyl sites for hydroxylation is 1. The van der Waals surface area contributed by atoms with Gasteiger partial charge in [0, 0.05) is 24.3 Å². The highest BCUT2D eigenvalue weighted by molar-refractivity contribution is 5.74. The zero-order valence-corrected chi connectivity index (χ0v) is 11.2. The molecule has 2 atom stereocenters. The lowest BCUT2D eigenvalue weighted by atomic mass is 10.1. The van der Waals surface area contributed by atoms with Crippen molar-refractivity contribution in [3.63, 3.8) is 0 Å². The number of carbonyl (C=O) groups excluding carboxylic acids is 1. The molecular formula is C12H22N4O. The summed E-state index contributed by atoms with van der Waals surface area (Å²) < 4.78 is 1.81. The Balaban J connectivity index is 2.57. The monoisotopic (exact) mass is 238 g/mol. The molecule has 1 rings (SSSR count). The average molecular weight is 238 g/mol. The molecule has 0 aliphatic carbocycles. The van der Waals surface area contributed by atoms with E-state index in [1.165, 1.54) is 0 Å². The van der Waals surface area contributed by atoms with Gasteiger partial charge in [0.2, 0.25) is 0 Å². The highest BCUT2D eigenvalue weighted by atomic mass is 16.2. The molecule has 0 saturated heterocycles. The van der Waals surface area contributed by atoms with Gasteiger partial charge in [-0.2, -0.15) is 5.10 Å². The fraction of sp³-hybridized carbons (Fsp3) is 0.667. The van der Waals surface area contributed by atoms with Crippen LogP contribution in [0.1, 0.15) is 44.5 Å². The lowest BCUT2D eigenvalue weighted by Gasteiger charge is -2.17. The summed E-state index contributed by atoms with van der Waals surface area (Å²) in [5.41, 5.74) is 2.12. The van der Waals surface area contributed by atoms with Gasteiger partial charge >= 0.3 is 6.03 Å². The van der Waals surface area contributed by atoms with Crippen molar-refractivity contribution in [1.82, 2.24) is 20.4 Å². The van der Waals surface area contributed by atoms with Gasteiger partial charge in [-0.25, -0.2) is 4.79 Å². The van der Waals surface area contributed by atoms with Crippen LogP contribution in [0.4, 0.5) is 4.79 Å². The van der Waals surface area contributed by atoms with E-state index in [2.05, 4.69) is 15.7 Å². The first kappa shape index (κ1) is 13.5. The Morgan fingerprint density at radius 3 is 2.59 bits per heavy atom. The van der Waals surface area contributed by atoms with E-state index in [4.69, 9.17) is 0 Å². The second kappa shape index (κ2) is 5.70. The molecule has 0 unspecified atom stereocenters. The summed E-state index contributed by atoms with van der Waals surface area (Å²) in [6.07, 6.45) is 2.72. The molecule has 0 fully saturated rings. The first-order valence-electron chi connectivity index (χ1n) is 6.01. The third kappa shape index (κ3) is 3.47. The minimum atomic E-state index is -0.130. The van der Waals surface area contributed by atoms with Crippen LogP contribution in [-0.4, -0.2) is 21.9 Å². The molecule has 0 spiro atoms. The van der Waals surface area contributed by atoms with Crippen molar-refractivity contribution in [3.05, 3.63) is 17.5 Å². The van der Waals surface area contributed by atoms with Crippen LogP contribution < -0.4 is 10.6 Å². The molecular weight excluding hydrogens is 216 g/mol. The average Bonchev–Trinajstić information content (AvgIpc) is 2.59. The van der Waals surface area contributed by atoms with Crippen molar-refractivity contribution in [2.24, 2.45) is 7.05 Å². The van der Waals surface area contributed by atoms with Crippen LogP contribution in [-0.2, 0) is 7.05 Å². The Hall–Kier alpha value is -1.52. The van der Waals surface area contributed by atoms with E-state index in [0.29, 0.717) is 0 Å². The van der Waals surface area contributed by atoms with Crippen LogP contribution in [0.25, 0.3) is 0 Å². The number of rotatable bonds is 4. The highest BCUT2D eigenvalue weighted by Crippen LogP contribution is 2.15. The summed E-state index contributed by atoms with van der Waals surface area (Å²) in [6, 6.07) is 0.0278. The number of urea groups is 1. The molecule has 0 aliphatic heterocycles. The quantitative estimate of drug-likeness (QED) is 0.841. The van der Waals surface area contributed by atoms with E-state index in [1.54, 1.807) is 10.9 Å². The summed E-state index contributed by atoms with van der Waals surface area (Å²) in [6.45, 7) is 7.98. The van der Waals surface area contributed by atoms with Gasteiger partial charge in [0.15, 0.2) is 0 Å². The van der Waals surface area contributed by atoms with Crippen molar-refractivity contribution in [2.45, 2.75) is 46.2 Å². The van der Waals surface area contributed by atoms with Crippen molar-refractivity contribution >= 4 is 6.03 Å². The Kier molecular flexibility index (Phi) is 4.54. The van der Waals surface area contributed by atoms with Crippen LogP contribution >= 0.6 is 0 Å². The predicted octanol–water partition coefficient (Wildman–Crippen LogP) is 1.89. The molecule has 0 saturated carbocycles. The van der Waals surface area contributed by atoms with E-state index in [9.17, 15) is 4.79 Å². The van der Waals surface area contributed by atoms with E-state index < -0.39 is 0 Å². The number of carbonyl (C=O) groups is 1. The maximum Gasteiger partial charge on any atom is 0.315 e. The molecule has 1 heterocycles. The summed E-state index contributed by atoms with van der Waals surface area (Å²) >= 11 is 0. The largest absolute Gasteiger partial charge is 0.336 e. The second-order valence-corrected chi connectivity index (χ2v) is 4.46. The number of hydrogen-bond acceptors (Lipinski definition) is 2. The lowest BCUT2D eigenvalue weighted by Crippen LogP contribution is -2.41. The smallest absolute Gasteiger partial charge is 0.315 e. The van der Waals surface area contributed by atoms with Crippen molar-refractivity contribution in [1.29, 1.82) is 0 Å². The van der Waals surface area contributed by atoms with Gasteiger partial charge in [0.1, 0.15) is 0 Å². The van der Waals surface area contributed by atoms with Gasteiger partial charge in [-0.1, -0.05) is 6.92 Å². The molecule has 1 aromatic heterocycles. The molecule has 5 nitrogen and oxygen atoms in total. The molecule has 0 bridgehead atoms. The number of hydrogen-bond donors (Lipinski definition) is 2. The third-order valence-electron chi connectivity index (χ3n) is 3.08. The summed E-state index contributed by atoms with van der Waals surface area (Å²) in [7, 11) is 1.89. The normalized spacial score (nSPS) is 14.2. The molecule has 0 radical (unpaired) electrons. The van der Waals surface area contributed by atoms with Crippen LogP contribution in [0.2, 0.25) is 0 Å². The fourth-order valence-corrected chi connectivity index (χ4v) is 1.58. The summed E-state index contributed by atoms with van der Waals surface area (Å²) in [5, 5.41) is 9.96. The Morgan fingerprint density at radius 2 is 2.12 bits per heavy atom. The van der Waals surface area contributed by atoms with E-state index in [1.807, 2.05) is 34.7 Å². The minimum absolute atomic E-state index is 0.0345. The summed E-state index contributed by atoms with van der Waals surface area (Å²) in [4.78, 5) is 11.7. The topological polar surface area (TPSA) is 59.0 Å². The SMILES string of the molecule is CC[C@H](C)NC(=O)N[C@@H](C)c1cnn(C)c1C. The van der Waals surface area contributed by atoms with Gasteiger partial charge in [0.05, 0.1) is 12.2 Å². The van der Waals surface area contributed by atoms with Crippen molar-refractivity contribution in [3.8, 4) is 0 Å². The first-order chi connectivity index (χ1) is 7.95. The molecule has 2 amide bonds. The Labute approximate surface area is 103 Å². The minimum Gasteiger partial charge on any atom is -0.336 e. The highest BCUT2D eigenvalue weighted by Gasteiger charge is 2.14. The van der Waals surface area contributed by atoms with Gasteiger partial charge < -0.3 is 10.6 Å². The van der Waals surface area contributed by atoms with Crippen molar-refractivity contribution in [2.75, 3.05) is 0 Å². The fourth-order valence-electron chi connectivity index (χ4n) is 1.58. The zero-order chi connectivity index (χ0) is 13.0. The lowest BCUT2D eigenvalue weighted by molar-refractivity contribution is 0.234. The molecule has 0 aromatic carbocycles. The predicted molar refractivity (Wildman–Crippen MR) is 67.8 cm³/mol. The molecule has 1 aromatic rings. The number of aromatic nitrogens is 2. The maximum absolute atomic E-state index is 11.7. The Bertz CT molecular complexity index is 386. The summed E-state index contributed by atoms with van der Waals surface area (Å²) in [5.74, 6) is 0. The van der Waals surface area contributed by atoms with Gasteiger partial charge in [0.25, 0.3) is 0 Å². The Morgan fingerprint density at radius 1 is 1.47 bits per heavy atom. The van der Waals surface area contributed by atoms with Gasteiger partial charge in [-0.05, 0) is 27.2 Å². The maximum atomic E-state index is 11.7. The van der Waals surface area contributed by atoms with E-state index in [0.717, 1.165) is 17.7 Å². The number of nitrogens with one attached hydrogen (secondary N) is 2. The van der Waals surface area contributed by atoms with E-state index >= 15 is 0 Å². The molecule has 5 heteroatoms. The molecule has 2 N–H and O–H groups in total. The van der Waals surface area contributed by atoms with Crippen LogP contribution in [0, 0.1) is 6.92 Å². The van der Waals surface area contributed by atoms with Crippen LogP contribution in [0.3, 0.4) is 0 Å². The first-order valence-corrected chi connectivity index (χ1v) is 6.01. The zero-order valence-electron chi connectivity index (χ0n) is 11.2. The molecule has 0 aliphatic rings. The number of nitrogens with zero attached hydrogens (tertiary/aromatic N) is 2. The van der Waals surface area contributed by atoms with Crippen LogP contribution in [0.15, 0.2) is 6.20 Å². The number of amides is 2. The molecule has 17 heavy (non-hydrogen) atoms. The van der Waals surface area contributed by atoms with Gasteiger partial charge in [-0.3, -0.25) is 4.68 Å². The second-order valence-electron chi connectivity index (χ2n) is 4.46. The standard InChI is InChI=1S/C12H22N4O/c1-6-8(2)14-12(17)15-9(3)11-7-13-16(5)10(11)4/h7-9H,6H2,1-5H3,(H2,14,15,17)/t8-,9-/m0/s1. The van der Waals surface area contributed by atoms with E-state index in [-0.39, 0.29) is 18.1 Å². The third-order valence-corrected chi connectivity index (χ3v) is 3.08. The van der Waals surface area contributed by atoms with Crippen LogP contribution in [0.5, 0.6) is 0 Å².